The van der Waals surface area contributed by atoms with Gasteiger partial charge in [0, 0.05) is 10.5 Å². The number of aromatic amines is 1. The third kappa shape index (κ3) is 1.93. The van der Waals surface area contributed by atoms with Crippen molar-refractivity contribution in [3.63, 3.8) is 0 Å². The Morgan fingerprint density at radius 1 is 1.53 bits per heavy atom. The van der Waals surface area contributed by atoms with E-state index < -0.39 is 5.82 Å². The highest BCUT2D eigenvalue weighted by Crippen LogP contribution is 2.40. The first-order valence-electron chi connectivity index (χ1n) is 4.60. The van der Waals surface area contributed by atoms with Crippen LogP contribution in [0.25, 0.3) is 11.3 Å². The zero-order chi connectivity index (χ0) is 12.6. The van der Waals surface area contributed by atoms with Crippen LogP contribution >= 0.6 is 15.9 Å². The third-order valence-corrected chi connectivity index (χ3v) is 2.85. The molecule has 0 radical (unpaired) electrons. The lowest BCUT2D eigenvalue weighted by Gasteiger charge is -2.10. The number of aromatic nitrogens is 2. The highest BCUT2D eigenvalue weighted by molar-refractivity contribution is 9.10. The van der Waals surface area contributed by atoms with Gasteiger partial charge in [0.2, 0.25) is 0 Å². The van der Waals surface area contributed by atoms with Crippen molar-refractivity contribution >= 4 is 21.7 Å². The van der Waals surface area contributed by atoms with Crippen molar-refractivity contribution in [3.8, 4) is 22.8 Å². The Balaban J connectivity index is 2.69. The standard InChI is InChI=1S/C10H9BrFN3O2/c1-17-10-6(16)2-4(11)8(9(10)12)5-3-7(13)15-14-5/h2-3,16H,1H3,(H3,13,14,15). The monoisotopic (exact) mass is 301 g/mol. The zero-order valence-electron chi connectivity index (χ0n) is 8.79. The molecule has 90 valence electrons. The number of nitrogen functional groups attached to an aromatic ring is 1. The van der Waals surface area contributed by atoms with Crippen molar-refractivity contribution in [2.24, 2.45) is 0 Å². The zero-order valence-corrected chi connectivity index (χ0v) is 10.4. The molecule has 0 amide bonds. The summed E-state index contributed by atoms with van der Waals surface area (Å²) in [6.07, 6.45) is 0. The minimum Gasteiger partial charge on any atom is -0.504 e. The number of aromatic hydroxyl groups is 1. The number of nitrogens with one attached hydrogen (secondary N) is 1. The molecule has 1 heterocycles. The van der Waals surface area contributed by atoms with Gasteiger partial charge in [-0.05, 0) is 22.0 Å². The third-order valence-electron chi connectivity index (χ3n) is 2.22. The van der Waals surface area contributed by atoms with Gasteiger partial charge in [-0.2, -0.15) is 5.10 Å². The number of nitrogens with zero attached hydrogens (tertiary/aromatic N) is 1. The smallest absolute Gasteiger partial charge is 0.197 e. The Bertz CT molecular complexity index is 571. The number of H-pyrrole nitrogens is 1. The van der Waals surface area contributed by atoms with Crippen molar-refractivity contribution in [1.82, 2.24) is 10.2 Å². The second-order valence-corrected chi connectivity index (χ2v) is 4.16. The number of halogens is 2. The summed E-state index contributed by atoms with van der Waals surface area (Å²) in [7, 11) is 1.27. The van der Waals surface area contributed by atoms with E-state index in [2.05, 4.69) is 26.1 Å². The Kier molecular flexibility index (Phi) is 2.93. The number of methoxy groups -OCH3 is 1. The molecule has 1 aromatic carbocycles. The van der Waals surface area contributed by atoms with Gasteiger partial charge < -0.3 is 15.6 Å². The molecule has 2 rings (SSSR count). The van der Waals surface area contributed by atoms with E-state index in [1.54, 1.807) is 0 Å². The molecule has 7 heteroatoms. The van der Waals surface area contributed by atoms with E-state index in [-0.39, 0.29) is 22.9 Å². The van der Waals surface area contributed by atoms with Gasteiger partial charge in [-0.25, -0.2) is 4.39 Å². The first kappa shape index (κ1) is 11.7. The van der Waals surface area contributed by atoms with Gasteiger partial charge >= 0.3 is 0 Å². The largest absolute Gasteiger partial charge is 0.504 e. The molecule has 0 aliphatic carbocycles. The molecule has 5 nitrogen and oxygen atoms in total. The van der Waals surface area contributed by atoms with Gasteiger partial charge in [0.05, 0.1) is 18.4 Å². The fourth-order valence-corrected chi connectivity index (χ4v) is 2.10. The van der Waals surface area contributed by atoms with Gasteiger partial charge in [0.15, 0.2) is 17.3 Å². The fraction of sp³-hybridized carbons (Fsp3) is 0.100. The van der Waals surface area contributed by atoms with Crippen molar-refractivity contribution in [1.29, 1.82) is 0 Å². The second-order valence-electron chi connectivity index (χ2n) is 3.31. The fourth-order valence-electron chi connectivity index (χ4n) is 1.49. The molecule has 0 aliphatic rings. The number of anilines is 1. The summed E-state index contributed by atoms with van der Waals surface area (Å²) in [6, 6.07) is 2.83. The van der Waals surface area contributed by atoms with Crippen LogP contribution in [0.5, 0.6) is 11.5 Å². The van der Waals surface area contributed by atoms with E-state index in [0.717, 1.165) is 0 Å². The lowest BCUT2D eigenvalue weighted by Crippen LogP contribution is -1.94. The Labute approximate surface area is 105 Å². The van der Waals surface area contributed by atoms with Crippen LogP contribution in [-0.2, 0) is 0 Å². The van der Waals surface area contributed by atoms with Crippen LogP contribution in [0.4, 0.5) is 10.2 Å². The summed E-state index contributed by atoms with van der Waals surface area (Å²) < 4.78 is 19.2. The number of ether oxygens (including phenoxy) is 1. The predicted octanol–water partition coefficient (Wildman–Crippen LogP) is 2.27. The van der Waals surface area contributed by atoms with Crippen LogP contribution in [0.2, 0.25) is 0 Å². The Hall–Kier alpha value is -1.76. The Morgan fingerprint density at radius 3 is 2.76 bits per heavy atom. The number of hydrogen-bond acceptors (Lipinski definition) is 4. The molecule has 2 aromatic rings. The molecule has 17 heavy (non-hydrogen) atoms. The molecular weight excluding hydrogens is 293 g/mol. The lowest BCUT2D eigenvalue weighted by atomic mass is 10.1. The van der Waals surface area contributed by atoms with E-state index in [1.807, 2.05) is 0 Å². The highest BCUT2D eigenvalue weighted by atomic mass is 79.9. The number of hydrogen-bond donors (Lipinski definition) is 3. The van der Waals surface area contributed by atoms with Crippen LogP contribution in [0, 0.1) is 5.82 Å². The van der Waals surface area contributed by atoms with Crippen molar-refractivity contribution in [2.75, 3.05) is 12.8 Å². The number of nitrogens with two attached hydrogens (primary N) is 1. The van der Waals surface area contributed by atoms with Gasteiger partial charge in [-0.3, -0.25) is 5.10 Å². The minimum absolute atomic E-state index is 0.198. The SMILES string of the molecule is COc1c(O)cc(Br)c(-c2cc(N)n[nH]2)c1F. The predicted molar refractivity (Wildman–Crippen MR) is 64.3 cm³/mol. The summed E-state index contributed by atoms with van der Waals surface area (Å²) in [5, 5.41) is 15.8. The highest BCUT2D eigenvalue weighted by Gasteiger charge is 2.20. The molecule has 0 atom stereocenters. The normalized spacial score (nSPS) is 10.5. The topological polar surface area (TPSA) is 84.2 Å². The first-order chi connectivity index (χ1) is 8.04. The van der Waals surface area contributed by atoms with Gasteiger partial charge in [0.1, 0.15) is 5.82 Å². The van der Waals surface area contributed by atoms with Crippen LogP contribution in [0.15, 0.2) is 16.6 Å². The number of phenols is 1. The van der Waals surface area contributed by atoms with Crippen LogP contribution < -0.4 is 10.5 Å². The molecule has 4 N–H and O–H groups in total. The quantitative estimate of drug-likeness (QED) is 0.794. The molecule has 0 saturated heterocycles. The molecule has 1 aromatic heterocycles. The minimum atomic E-state index is -0.692. The molecule has 0 saturated carbocycles. The van der Waals surface area contributed by atoms with E-state index in [9.17, 15) is 9.50 Å². The summed E-state index contributed by atoms with van der Waals surface area (Å²) in [4.78, 5) is 0. The van der Waals surface area contributed by atoms with Crippen LogP contribution in [0.1, 0.15) is 0 Å². The maximum Gasteiger partial charge on any atom is 0.197 e. The van der Waals surface area contributed by atoms with Crippen molar-refractivity contribution in [2.45, 2.75) is 0 Å². The average molecular weight is 302 g/mol. The van der Waals surface area contributed by atoms with Crippen molar-refractivity contribution in [3.05, 3.63) is 22.4 Å². The molecule has 0 spiro atoms. The van der Waals surface area contributed by atoms with E-state index in [1.165, 1.54) is 19.2 Å². The van der Waals surface area contributed by atoms with E-state index >= 15 is 0 Å². The molecule has 0 aliphatic heterocycles. The maximum atomic E-state index is 14.1. The summed E-state index contributed by atoms with van der Waals surface area (Å²) >= 11 is 3.16. The second kappa shape index (κ2) is 4.25. The number of benzene rings is 1. The number of rotatable bonds is 2. The molecular formula is C10H9BrFN3O2. The van der Waals surface area contributed by atoms with E-state index in [4.69, 9.17) is 10.5 Å². The molecule has 0 fully saturated rings. The van der Waals surface area contributed by atoms with Crippen molar-refractivity contribution < 1.29 is 14.2 Å². The lowest BCUT2D eigenvalue weighted by molar-refractivity contribution is 0.351. The van der Waals surface area contributed by atoms with Gasteiger partial charge in [-0.15, -0.1) is 0 Å². The van der Waals surface area contributed by atoms with Crippen LogP contribution in [0.3, 0.4) is 0 Å². The summed E-state index contributed by atoms with van der Waals surface area (Å²) in [5.41, 5.74) is 6.05. The first-order valence-corrected chi connectivity index (χ1v) is 5.40. The summed E-state index contributed by atoms with van der Waals surface area (Å²) in [6.45, 7) is 0. The molecule has 0 bridgehead atoms. The Morgan fingerprint density at radius 2 is 2.24 bits per heavy atom. The van der Waals surface area contributed by atoms with Gasteiger partial charge in [-0.1, -0.05) is 0 Å². The molecule has 0 unspecified atom stereocenters. The van der Waals surface area contributed by atoms with Crippen LogP contribution in [-0.4, -0.2) is 22.4 Å². The maximum absolute atomic E-state index is 14.1. The average Bonchev–Trinajstić information content (AvgIpc) is 2.64. The number of phenolic OH excluding ortho intramolecular Hbond substituents is 1. The van der Waals surface area contributed by atoms with E-state index in [0.29, 0.717) is 10.2 Å². The van der Waals surface area contributed by atoms with Gasteiger partial charge in [0.25, 0.3) is 0 Å². The summed E-state index contributed by atoms with van der Waals surface area (Å²) in [5.74, 6) is -0.953.